The molecule has 1 atom stereocenters. The lowest BCUT2D eigenvalue weighted by molar-refractivity contribution is 0.441. The van der Waals surface area contributed by atoms with Crippen molar-refractivity contribution in [1.82, 2.24) is 15.5 Å². The van der Waals surface area contributed by atoms with Crippen molar-refractivity contribution < 1.29 is 4.42 Å². The molecule has 5 nitrogen and oxygen atoms in total. The fourth-order valence-corrected chi connectivity index (χ4v) is 1.84. The highest BCUT2D eigenvalue weighted by molar-refractivity contribution is 7.98. The third-order valence-electron chi connectivity index (χ3n) is 2.55. The van der Waals surface area contributed by atoms with Gasteiger partial charge in [0.25, 0.3) is 0 Å². The van der Waals surface area contributed by atoms with E-state index in [1.54, 1.807) is 0 Å². The summed E-state index contributed by atoms with van der Waals surface area (Å²) < 4.78 is 5.46. The summed E-state index contributed by atoms with van der Waals surface area (Å²) in [6.45, 7) is 2.88. The Hall–Kier alpha value is -0.750. The lowest BCUT2D eigenvalue weighted by Crippen LogP contribution is -2.12. The van der Waals surface area contributed by atoms with Gasteiger partial charge < -0.3 is 15.1 Å². The number of hydrogen-bond acceptors (Lipinski definition) is 6. The summed E-state index contributed by atoms with van der Waals surface area (Å²) in [4.78, 5) is 0. The van der Waals surface area contributed by atoms with Crippen LogP contribution in [-0.2, 0) is 0 Å². The first-order valence-electron chi connectivity index (χ1n) is 6.01. The molecule has 0 saturated carbocycles. The van der Waals surface area contributed by atoms with E-state index >= 15 is 0 Å². The lowest BCUT2D eigenvalue weighted by Gasteiger charge is -2.03. The van der Waals surface area contributed by atoms with E-state index in [0.717, 1.165) is 13.0 Å². The van der Waals surface area contributed by atoms with Gasteiger partial charge in [-0.2, -0.15) is 11.8 Å². The van der Waals surface area contributed by atoms with Gasteiger partial charge in [0, 0.05) is 6.54 Å². The molecule has 98 valence electrons. The molecule has 2 N–H and O–H groups in total. The normalized spacial score (nSPS) is 12.6. The van der Waals surface area contributed by atoms with Gasteiger partial charge in [0.2, 0.25) is 5.89 Å². The smallest absolute Gasteiger partial charge is 0.315 e. The van der Waals surface area contributed by atoms with E-state index in [1.807, 2.05) is 25.7 Å². The zero-order chi connectivity index (χ0) is 12.5. The predicted molar refractivity (Wildman–Crippen MR) is 72.5 cm³/mol. The highest BCUT2D eigenvalue weighted by Crippen LogP contribution is 2.13. The second-order valence-electron chi connectivity index (χ2n) is 3.94. The maximum absolute atomic E-state index is 5.46. The van der Waals surface area contributed by atoms with Gasteiger partial charge in [-0.05, 0) is 38.8 Å². The van der Waals surface area contributed by atoms with E-state index in [0.29, 0.717) is 11.9 Å². The van der Waals surface area contributed by atoms with Gasteiger partial charge in [0.1, 0.15) is 0 Å². The minimum Gasteiger partial charge on any atom is -0.406 e. The number of rotatable bonds is 9. The van der Waals surface area contributed by atoms with Crippen LogP contribution in [0.25, 0.3) is 0 Å². The Bertz CT molecular complexity index is 305. The molecule has 0 aliphatic carbocycles. The van der Waals surface area contributed by atoms with Crippen LogP contribution in [0.5, 0.6) is 0 Å². The van der Waals surface area contributed by atoms with Crippen LogP contribution in [-0.4, -0.2) is 35.8 Å². The highest BCUT2D eigenvalue weighted by Gasteiger charge is 2.10. The van der Waals surface area contributed by atoms with Crippen molar-refractivity contribution in [2.75, 3.05) is 30.9 Å². The molecule has 1 aromatic heterocycles. The topological polar surface area (TPSA) is 63.0 Å². The van der Waals surface area contributed by atoms with Crippen LogP contribution < -0.4 is 10.6 Å². The molecule has 17 heavy (non-hydrogen) atoms. The maximum Gasteiger partial charge on any atom is 0.315 e. The van der Waals surface area contributed by atoms with Crippen LogP contribution in [0.15, 0.2) is 4.42 Å². The molecule has 1 unspecified atom stereocenters. The number of unbranched alkanes of at least 4 members (excludes halogenated alkanes) is 2. The minimum absolute atomic E-state index is 0.0969. The van der Waals surface area contributed by atoms with Crippen molar-refractivity contribution in [3.63, 3.8) is 0 Å². The third-order valence-corrected chi connectivity index (χ3v) is 3.24. The first-order chi connectivity index (χ1) is 8.27. The van der Waals surface area contributed by atoms with E-state index in [-0.39, 0.29) is 6.04 Å². The van der Waals surface area contributed by atoms with E-state index in [9.17, 15) is 0 Å². The number of thioether (sulfide) groups is 1. The quantitative estimate of drug-likeness (QED) is 0.663. The predicted octanol–water partition coefficient (Wildman–Crippen LogP) is 2.30. The second-order valence-corrected chi connectivity index (χ2v) is 4.92. The molecule has 0 spiro atoms. The van der Waals surface area contributed by atoms with E-state index in [1.165, 1.54) is 18.6 Å². The fourth-order valence-electron chi connectivity index (χ4n) is 1.35. The molecule has 0 radical (unpaired) electrons. The molecule has 0 bridgehead atoms. The Morgan fingerprint density at radius 1 is 1.29 bits per heavy atom. The summed E-state index contributed by atoms with van der Waals surface area (Å²) >= 11 is 1.90. The highest BCUT2D eigenvalue weighted by atomic mass is 32.2. The summed E-state index contributed by atoms with van der Waals surface area (Å²) in [5, 5.41) is 14.1. The molecular weight excluding hydrogens is 236 g/mol. The zero-order valence-electron chi connectivity index (χ0n) is 10.8. The van der Waals surface area contributed by atoms with E-state index in [2.05, 4.69) is 27.1 Å². The monoisotopic (exact) mass is 258 g/mol. The van der Waals surface area contributed by atoms with Crippen molar-refractivity contribution in [1.29, 1.82) is 0 Å². The van der Waals surface area contributed by atoms with Crippen LogP contribution in [0, 0.1) is 0 Å². The van der Waals surface area contributed by atoms with Crippen molar-refractivity contribution in [2.45, 2.75) is 32.2 Å². The molecule has 0 fully saturated rings. The SMILES string of the molecule is CNC(C)c1nnc(NCCCCCSC)o1. The summed E-state index contributed by atoms with van der Waals surface area (Å²) in [7, 11) is 1.87. The maximum atomic E-state index is 5.46. The molecule has 0 saturated heterocycles. The molecule has 1 aromatic rings. The summed E-state index contributed by atoms with van der Waals surface area (Å²) in [6.07, 6.45) is 5.79. The second kappa shape index (κ2) is 8.36. The number of hydrogen-bond donors (Lipinski definition) is 2. The van der Waals surface area contributed by atoms with Gasteiger partial charge in [-0.3, -0.25) is 0 Å². The zero-order valence-corrected chi connectivity index (χ0v) is 11.6. The molecule has 6 heteroatoms. The van der Waals surface area contributed by atoms with Crippen LogP contribution in [0.4, 0.5) is 6.01 Å². The Morgan fingerprint density at radius 3 is 2.82 bits per heavy atom. The molecule has 1 heterocycles. The van der Waals surface area contributed by atoms with Gasteiger partial charge in [0.05, 0.1) is 6.04 Å². The molecular formula is C11H22N4OS. The number of aromatic nitrogens is 2. The van der Waals surface area contributed by atoms with Crippen LogP contribution >= 0.6 is 11.8 Å². The van der Waals surface area contributed by atoms with Gasteiger partial charge in [-0.1, -0.05) is 11.5 Å². The average Bonchev–Trinajstić information content (AvgIpc) is 2.81. The first-order valence-corrected chi connectivity index (χ1v) is 7.40. The Balaban J connectivity index is 2.16. The molecule has 0 aliphatic heterocycles. The van der Waals surface area contributed by atoms with Gasteiger partial charge >= 0.3 is 6.01 Å². The van der Waals surface area contributed by atoms with Gasteiger partial charge in [0.15, 0.2) is 0 Å². The Kier molecular flexibility index (Phi) is 7.04. The van der Waals surface area contributed by atoms with Crippen molar-refractivity contribution in [3.05, 3.63) is 5.89 Å². The average molecular weight is 258 g/mol. The Labute approximate surface area is 107 Å². The molecule has 0 aliphatic rings. The van der Waals surface area contributed by atoms with Crippen LogP contribution in [0.2, 0.25) is 0 Å². The summed E-state index contributed by atoms with van der Waals surface area (Å²) in [5.74, 6) is 1.86. The largest absolute Gasteiger partial charge is 0.406 e. The van der Waals surface area contributed by atoms with Crippen molar-refractivity contribution >= 4 is 17.8 Å². The van der Waals surface area contributed by atoms with Crippen molar-refractivity contribution in [3.8, 4) is 0 Å². The number of anilines is 1. The van der Waals surface area contributed by atoms with Crippen LogP contribution in [0.3, 0.4) is 0 Å². The molecule has 1 rings (SSSR count). The number of nitrogens with one attached hydrogen (secondary N) is 2. The standard InChI is InChI=1S/C11H22N4OS/c1-9(12-2)10-14-15-11(16-10)13-7-5-4-6-8-17-3/h9,12H,4-8H2,1-3H3,(H,13,15). The third kappa shape index (κ3) is 5.41. The molecule has 0 amide bonds. The molecule has 0 aromatic carbocycles. The van der Waals surface area contributed by atoms with E-state index in [4.69, 9.17) is 4.42 Å². The lowest BCUT2D eigenvalue weighted by atomic mass is 10.2. The van der Waals surface area contributed by atoms with Crippen LogP contribution in [0.1, 0.15) is 38.1 Å². The first kappa shape index (κ1) is 14.3. The van der Waals surface area contributed by atoms with Gasteiger partial charge in [-0.25, -0.2) is 0 Å². The number of nitrogens with zero attached hydrogens (tertiary/aromatic N) is 2. The van der Waals surface area contributed by atoms with E-state index < -0.39 is 0 Å². The summed E-state index contributed by atoms with van der Waals surface area (Å²) in [5.41, 5.74) is 0. The minimum atomic E-state index is 0.0969. The van der Waals surface area contributed by atoms with Gasteiger partial charge in [-0.15, -0.1) is 5.10 Å². The fraction of sp³-hybridized carbons (Fsp3) is 0.818. The van der Waals surface area contributed by atoms with Crippen molar-refractivity contribution in [2.24, 2.45) is 0 Å². The Morgan fingerprint density at radius 2 is 2.12 bits per heavy atom. The summed E-state index contributed by atoms with van der Waals surface area (Å²) in [6, 6.07) is 0.617.